The van der Waals surface area contributed by atoms with Gasteiger partial charge < -0.3 is 10.1 Å². The maximum atomic E-state index is 12.6. The van der Waals surface area contributed by atoms with Crippen LogP contribution in [-0.2, 0) is 23.1 Å². The van der Waals surface area contributed by atoms with Gasteiger partial charge in [0.2, 0.25) is 5.91 Å². The molecule has 0 unspecified atom stereocenters. The molecule has 0 radical (unpaired) electrons. The summed E-state index contributed by atoms with van der Waals surface area (Å²) in [4.78, 5) is 26.0. The third-order valence-corrected chi connectivity index (χ3v) is 4.73. The fourth-order valence-electron chi connectivity index (χ4n) is 3.41. The second-order valence-corrected chi connectivity index (χ2v) is 6.48. The molecule has 25 heavy (non-hydrogen) atoms. The summed E-state index contributed by atoms with van der Waals surface area (Å²) in [5.41, 5.74) is 3.01. The van der Waals surface area contributed by atoms with Gasteiger partial charge in [0.05, 0.1) is 24.9 Å². The Morgan fingerprint density at radius 3 is 2.92 bits per heavy atom. The Morgan fingerprint density at radius 2 is 2.16 bits per heavy atom. The van der Waals surface area contributed by atoms with Crippen molar-refractivity contribution >= 4 is 22.9 Å². The molecule has 1 aliphatic rings. The molecule has 1 atom stereocenters. The zero-order valence-corrected chi connectivity index (χ0v) is 14.9. The molecule has 2 amide bonds. The summed E-state index contributed by atoms with van der Waals surface area (Å²) >= 11 is 0. The van der Waals surface area contributed by atoms with Crippen LogP contribution in [0.5, 0.6) is 0 Å². The number of rotatable bonds is 3. The zero-order valence-electron chi connectivity index (χ0n) is 14.9. The highest BCUT2D eigenvalue weighted by Gasteiger charge is 2.32. The van der Waals surface area contributed by atoms with Crippen molar-refractivity contribution in [3.63, 3.8) is 0 Å². The first kappa shape index (κ1) is 17.3. The van der Waals surface area contributed by atoms with E-state index >= 15 is 0 Å². The second kappa shape index (κ2) is 7.13. The Labute approximate surface area is 146 Å². The monoisotopic (exact) mass is 344 g/mol. The standard InChI is InChI=1S/C18H24N4O3/c1-12-7-8-15-13(10-12)14(20-21(15)2)11-19-17(23)16-6-4-5-9-22(16)18(24)25-3/h7-8,10,16H,4-6,9,11H2,1-3H3,(H,19,23)/t16-/m1/s1. The molecule has 2 heterocycles. The van der Waals surface area contributed by atoms with E-state index in [2.05, 4.69) is 16.5 Å². The molecule has 1 aliphatic heterocycles. The Bertz CT molecular complexity index is 799. The SMILES string of the molecule is COC(=O)N1CCCC[C@@H]1C(=O)NCc1nn(C)c2ccc(C)cc12. The summed E-state index contributed by atoms with van der Waals surface area (Å²) in [6, 6.07) is 5.68. The zero-order chi connectivity index (χ0) is 18.0. The van der Waals surface area contributed by atoms with Crippen molar-refractivity contribution in [3.05, 3.63) is 29.5 Å². The van der Waals surface area contributed by atoms with E-state index in [0.717, 1.165) is 35.0 Å². The number of aryl methyl sites for hydroxylation is 2. The fraction of sp³-hybridized carbons (Fsp3) is 0.500. The van der Waals surface area contributed by atoms with E-state index in [1.165, 1.54) is 12.0 Å². The Hall–Kier alpha value is -2.57. The highest BCUT2D eigenvalue weighted by molar-refractivity contribution is 5.87. The molecule has 1 fully saturated rings. The van der Waals surface area contributed by atoms with E-state index in [0.29, 0.717) is 19.5 Å². The molecule has 134 valence electrons. The number of methoxy groups -OCH3 is 1. The van der Waals surface area contributed by atoms with Gasteiger partial charge in [0.15, 0.2) is 0 Å². The predicted octanol–water partition coefficient (Wildman–Crippen LogP) is 2.12. The maximum absolute atomic E-state index is 12.6. The van der Waals surface area contributed by atoms with Crippen molar-refractivity contribution in [2.75, 3.05) is 13.7 Å². The molecule has 1 N–H and O–H groups in total. The summed E-state index contributed by atoms with van der Waals surface area (Å²) < 4.78 is 6.62. The Kier molecular flexibility index (Phi) is 4.92. The maximum Gasteiger partial charge on any atom is 0.410 e. The number of aromatic nitrogens is 2. The van der Waals surface area contributed by atoms with Crippen LogP contribution in [0.15, 0.2) is 18.2 Å². The number of benzene rings is 1. The van der Waals surface area contributed by atoms with Crippen molar-refractivity contribution in [1.82, 2.24) is 20.0 Å². The number of ether oxygens (including phenoxy) is 1. The molecule has 1 aromatic carbocycles. The topological polar surface area (TPSA) is 76.5 Å². The smallest absolute Gasteiger partial charge is 0.410 e. The van der Waals surface area contributed by atoms with Crippen LogP contribution in [0.3, 0.4) is 0 Å². The van der Waals surface area contributed by atoms with Gasteiger partial charge in [-0.15, -0.1) is 0 Å². The number of carbonyl (C=O) groups excluding carboxylic acids is 2. The molecule has 0 bridgehead atoms. The highest BCUT2D eigenvalue weighted by Crippen LogP contribution is 2.21. The number of carbonyl (C=O) groups is 2. The summed E-state index contributed by atoms with van der Waals surface area (Å²) in [7, 11) is 3.23. The summed E-state index contributed by atoms with van der Waals surface area (Å²) in [5, 5.41) is 8.49. The lowest BCUT2D eigenvalue weighted by molar-refractivity contribution is -0.127. The normalized spacial score (nSPS) is 17.6. The van der Waals surface area contributed by atoms with Crippen LogP contribution in [0.1, 0.15) is 30.5 Å². The van der Waals surface area contributed by atoms with Crippen molar-refractivity contribution in [1.29, 1.82) is 0 Å². The highest BCUT2D eigenvalue weighted by atomic mass is 16.5. The minimum atomic E-state index is -0.474. The quantitative estimate of drug-likeness (QED) is 0.925. The van der Waals surface area contributed by atoms with Crippen LogP contribution in [0.25, 0.3) is 10.9 Å². The number of fused-ring (bicyclic) bond motifs is 1. The molecule has 7 nitrogen and oxygen atoms in total. The molecular weight excluding hydrogens is 320 g/mol. The molecule has 2 aromatic rings. The molecule has 7 heteroatoms. The summed E-state index contributed by atoms with van der Waals surface area (Å²) in [6.45, 7) is 2.92. The van der Waals surface area contributed by atoms with Crippen LogP contribution >= 0.6 is 0 Å². The molecule has 1 aromatic heterocycles. The van der Waals surface area contributed by atoms with E-state index in [4.69, 9.17) is 4.74 Å². The van der Waals surface area contributed by atoms with Crippen LogP contribution in [0, 0.1) is 6.92 Å². The number of likely N-dealkylation sites (tertiary alicyclic amines) is 1. The van der Waals surface area contributed by atoms with Crippen LogP contribution < -0.4 is 5.32 Å². The average Bonchev–Trinajstić information content (AvgIpc) is 2.94. The summed E-state index contributed by atoms with van der Waals surface area (Å²) in [6.07, 6.45) is 2.03. The Morgan fingerprint density at radius 1 is 1.36 bits per heavy atom. The van der Waals surface area contributed by atoms with Gasteiger partial charge in [-0.2, -0.15) is 5.10 Å². The van der Waals surface area contributed by atoms with Gasteiger partial charge in [0.1, 0.15) is 6.04 Å². The number of hydrogen-bond acceptors (Lipinski definition) is 4. The largest absolute Gasteiger partial charge is 0.453 e. The van der Waals surface area contributed by atoms with Gasteiger partial charge in [0, 0.05) is 19.0 Å². The van der Waals surface area contributed by atoms with E-state index in [9.17, 15) is 9.59 Å². The fourth-order valence-corrected chi connectivity index (χ4v) is 3.41. The van der Waals surface area contributed by atoms with Crippen LogP contribution in [0.2, 0.25) is 0 Å². The van der Waals surface area contributed by atoms with Gasteiger partial charge >= 0.3 is 6.09 Å². The number of piperidine rings is 1. The van der Waals surface area contributed by atoms with Gasteiger partial charge in [-0.25, -0.2) is 4.79 Å². The van der Waals surface area contributed by atoms with Gasteiger partial charge in [-0.3, -0.25) is 14.4 Å². The number of hydrogen-bond donors (Lipinski definition) is 1. The lowest BCUT2D eigenvalue weighted by Crippen LogP contribution is -2.51. The van der Waals surface area contributed by atoms with Crippen molar-refractivity contribution in [3.8, 4) is 0 Å². The lowest BCUT2D eigenvalue weighted by atomic mass is 10.0. The predicted molar refractivity (Wildman–Crippen MR) is 94.0 cm³/mol. The van der Waals surface area contributed by atoms with Crippen LogP contribution in [0.4, 0.5) is 4.79 Å². The molecular formula is C18H24N4O3. The number of nitrogens with one attached hydrogen (secondary N) is 1. The van der Waals surface area contributed by atoms with Gasteiger partial charge in [0.25, 0.3) is 0 Å². The minimum Gasteiger partial charge on any atom is -0.453 e. The molecule has 3 rings (SSSR count). The second-order valence-electron chi connectivity index (χ2n) is 6.48. The van der Waals surface area contributed by atoms with E-state index in [-0.39, 0.29) is 5.91 Å². The van der Waals surface area contributed by atoms with Crippen molar-refractivity contribution in [2.45, 2.75) is 38.8 Å². The first-order valence-electron chi connectivity index (χ1n) is 8.56. The molecule has 0 aliphatic carbocycles. The number of amides is 2. The molecule has 0 spiro atoms. The first-order valence-corrected chi connectivity index (χ1v) is 8.56. The third-order valence-electron chi connectivity index (χ3n) is 4.73. The van der Waals surface area contributed by atoms with Crippen molar-refractivity contribution < 1.29 is 14.3 Å². The van der Waals surface area contributed by atoms with Crippen LogP contribution in [-0.4, -0.2) is 46.4 Å². The third kappa shape index (κ3) is 3.45. The van der Waals surface area contributed by atoms with Crippen molar-refractivity contribution in [2.24, 2.45) is 7.05 Å². The van der Waals surface area contributed by atoms with E-state index in [1.807, 2.05) is 30.8 Å². The van der Waals surface area contributed by atoms with E-state index < -0.39 is 12.1 Å². The lowest BCUT2D eigenvalue weighted by Gasteiger charge is -2.33. The van der Waals surface area contributed by atoms with Gasteiger partial charge in [-0.05, 0) is 38.3 Å². The summed E-state index contributed by atoms with van der Waals surface area (Å²) in [5.74, 6) is -0.156. The van der Waals surface area contributed by atoms with Gasteiger partial charge in [-0.1, -0.05) is 11.6 Å². The average molecular weight is 344 g/mol. The van der Waals surface area contributed by atoms with E-state index in [1.54, 1.807) is 0 Å². The number of nitrogens with zero attached hydrogens (tertiary/aromatic N) is 3. The Balaban J connectivity index is 1.73. The minimum absolute atomic E-state index is 0.156. The molecule has 0 saturated carbocycles. The molecule has 1 saturated heterocycles. The first-order chi connectivity index (χ1) is 12.0.